The zero-order valence-electron chi connectivity index (χ0n) is 20.9. The van der Waals surface area contributed by atoms with Crippen LogP contribution in [0.5, 0.6) is 0 Å². The van der Waals surface area contributed by atoms with Crippen LogP contribution in [0.4, 0.5) is 22.7 Å². The molecule has 5 rings (SSSR count). The van der Waals surface area contributed by atoms with Crippen molar-refractivity contribution in [2.45, 2.75) is 6.92 Å². The van der Waals surface area contributed by atoms with Crippen LogP contribution in [0.1, 0.15) is 28.4 Å². The third-order valence-corrected chi connectivity index (χ3v) is 6.65. The van der Waals surface area contributed by atoms with E-state index in [0.717, 1.165) is 37.4 Å². The van der Waals surface area contributed by atoms with Crippen LogP contribution in [-0.4, -0.2) is 55.7 Å². The van der Waals surface area contributed by atoms with Gasteiger partial charge in [-0.2, -0.15) is 0 Å². The lowest BCUT2D eigenvalue weighted by Crippen LogP contribution is -2.44. The van der Waals surface area contributed by atoms with Gasteiger partial charge >= 0.3 is 0 Å². The van der Waals surface area contributed by atoms with E-state index in [2.05, 4.69) is 44.9 Å². The first kappa shape index (κ1) is 24.3. The number of ketones is 1. The molecule has 0 spiro atoms. The molecule has 0 atom stereocenters. The molecular formula is C29H29N5O3. The van der Waals surface area contributed by atoms with Crippen molar-refractivity contribution >= 4 is 45.9 Å². The summed E-state index contributed by atoms with van der Waals surface area (Å²) in [6, 6.07) is 20.1. The molecule has 1 fully saturated rings. The van der Waals surface area contributed by atoms with Gasteiger partial charge in [-0.15, -0.1) is 0 Å². The highest BCUT2D eigenvalue weighted by Crippen LogP contribution is 2.33. The maximum atomic E-state index is 13.0. The summed E-state index contributed by atoms with van der Waals surface area (Å²) in [6.07, 6.45) is 1.70. The lowest BCUT2D eigenvalue weighted by Gasteiger charge is -2.34. The van der Waals surface area contributed by atoms with Crippen molar-refractivity contribution in [3.63, 3.8) is 0 Å². The molecule has 3 aromatic rings. The molecule has 3 N–H and O–H groups in total. The molecule has 188 valence electrons. The van der Waals surface area contributed by atoms with Gasteiger partial charge in [0.05, 0.1) is 5.57 Å². The lowest BCUT2D eigenvalue weighted by molar-refractivity contribution is -0.114. The van der Waals surface area contributed by atoms with Crippen molar-refractivity contribution in [2.24, 2.45) is 0 Å². The Labute approximate surface area is 216 Å². The van der Waals surface area contributed by atoms with Crippen molar-refractivity contribution in [1.82, 2.24) is 4.90 Å². The average molecular weight is 496 g/mol. The molecule has 2 aliphatic heterocycles. The van der Waals surface area contributed by atoms with Gasteiger partial charge < -0.3 is 25.8 Å². The zero-order chi connectivity index (χ0) is 25.9. The third-order valence-electron chi connectivity index (χ3n) is 6.65. The summed E-state index contributed by atoms with van der Waals surface area (Å²) in [5, 5.41) is 8.77. The number of hydrogen-bond acceptors (Lipinski definition) is 6. The summed E-state index contributed by atoms with van der Waals surface area (Å²) < 4.78 is 0. The number of likely N-dealkylation sites (N-methyl/N-ethyl adjacent to an activating group) is 1. The van der Waals surface area contributed by atoms with Gasteiger partial charge in [-0.1, -0.05) is 12.1 Å². The monoisotopic (exact) mass is 495 g/mol. The molecule has 2 heterocycles. The summed E-state index contributed by atoms with van der Waals surface area (Å²) in [7, 11) is 2.14. The number of fused-ring (bicyclic) bond motifs is 1. The Kier molecular flexibility index (Phi) is 6.74. The first-order valence-electron chi connectivity index (χ1n) is 12.3. The molecule has 37 heavy (non-hydrogen) atoms. The fourth-order valence-electron chi connectivity index (χ4n) is 4.54. The standard InChI is InChI=1S/C29H29N5O3/c1-19(35)31-23-6-3-20(4-7-23)28(36)21-5-12-25-26(29(37)32-27(25)17-21)18-30-22-8-10-24(11-9-22)34-15-13-33(2)14-16-34/h3-12,17-18,30H,13-16H2,1-2H3,(H,31,35)(H,32,37). The van der Waals surface area contributed by atoms with Gasteiger partial charge in [-0.3, -0.25) is 14.4 Å². The van der Waals surface area contributed by atoms with Gasteiger partial charge in [0.1, 0.15) is 0 Å². The maximum absolute atomic E-state index is 13.0. The highest BCUT2D eigenvalue weighted by Gasteiger charge is 2.25. The number of carbonyl (C=O) groups is 3. The molecule has 8 heteroatoms. The van der Waals surface area contributed by atoms with Crippen molar-refractivity contribution in [1.29, 1.82) is 0 Å². The molecule has 1 saturated heterocycles. The molecular weight excluding hydrogens is 466 g/mol. The van der Waals surface area contributed by atoms with Gasteiger partial charge in [-0.05, 0) is 61.6 Å². The smallest absolute Gasteiger partial charge is 0.257 e. The van der Waals surface area contributed by atoms with E-state index in [4.69, 9.17) is 0 Å². The van der Waals surface area contributed by atoms with Crippen LogP contribution in [-0.2, 0) is 9.59 Å². The second-order valence-corrected chi connectivity index (χ2v) is 9.34. The van der Waals surface area contributed by atoms with Crippen molar-refractivity contribution < 1.29 is 14.4 Å². The second-order valence-electron chi connectivity index (χ2n) is 9.34. The van der Waals surface area contributed by atoms with Crippen LogP contribution in [0.15, 0.2) is 72.9 Å². The van der Waals surface area contributed by atoms with Crippen LogP contribution in [0.2, 0.25) is 0 Å². The first-order valence-corrected chi connectivity index (χ1v) is 12.3. The predicted molar refractivity (Wildman–Crippen MR) is 147 cm³/mol. The largest absolute Gasteiger partial charge is 0.369 e. The van der Waals surface area contributed by atoms with E-state index in [1.165, 1.54) is 12.6 Å². The molecule has 0 aromatic heterocycles. The van der Waals surface area contributed by atoms with E-state index in [-0.39, 0.29) is 17.6 Å². The number of benzene rings is 3. The number of nitrogens with one attached hydrogen (secondary N) is 3. The minimum Gasteiger partial charge on any atom is -0.369 e. The molecule has 3 aromatic carbocycles. The van der Waals surface area contributed by atoms with Gasteiger partial charge in [0.15, 0.2) is 5.78 Å². The molecule has 2 amide bonds. The highest BCUT2D eigenvalue weighted by molar-refractivity contribution is 6.32. The van der Waals surface area contributed by atoms with Gasteiger partial charge in [0.25, 0.3) is 5.91 Å². The minimum absolute atomic E-state index is 0.164. The van der Waals surface area contributed by atoms with E-state index >= 15 is 0 Å². The Morgan fingerprint density at radius 3 is 2.19 bits per heavy atom. The Balaban J connectivity index is 1.27. The lowest BCUT2D eigenvalue weighted by atomic mass is 9.99. The number of amides is 2. The Morgan fingerprint density at radius 1 is 0.865 bits per heavy atom. The summed E-state index contributed by atoms with van der Waals surface area (Å²) in [5.41, 5.74) is 5.53. The SMILES string of the molecule is CC(=O)Nc1ccc(C(=O)c2ccc3c(c2)NC(=O)C3=CNc2ccc(N3CCN(C)CC3)cc2)cc1. The van der Waals surface area contributed by atoms with Crippen LogP contribution < -0.4 is 20.9 Å². The number of carbonyl (C=O) groups excluding carboxylic acids is 3. The molecule has 0 unspecified atom stereocenters. The quantitative estimate of drug-likeness (QED) is 0.353. The van der Waals surface area contributed by atoms with Crippen LogP contribution >= 0.6 is 0 Å². The van der Waals surface area contributed by atoms with Crippen LogP contribution in [0.3, 0.4) is 0 Å². The highest BCUT2D eigenvalue weighted by atomic mass is 16.2. The van der Waals surface area contributed by atoms with Crippen molar-refractivity contribution in [3.8, 4) is 0 Å². The molecule has 8 nitrogen and oxygen atoms in total. The maximum Gasteiger partial charge on any atom is 0.257 e. The number of nitrogens with zero attached hydrogens (tertiary/aromatic N) is 2. The fraction of sp³-hybridized carbons (Fsp3) is 0.207. The van der Waals surface area contributed by atoms with E-state index < -0.39 is 0 Å². The van der Waals surface area contributed by atoms with E-state index in [9.17, 15) is 14.4 Å². The Hall–Kier alpha value is -4.43. The van der Waals surface area contributed by atoms with Gasteiger partial charge in [0, 0.05) is 78.7 Å². The van der Waals surface area contributed by atoms with E-state index in [1.54, 1.807) is 48.7 Å². The normalized spacial score (nSPS) is 16.3. The van der Waals surface area contributed by atoms with E-state index in [1.807, 2.05) is 12.1 Å². The summed E-state index contributed by atoms with van der Waals surface area (Å²) in [4.78, 5) is 41.5. The third kappa shape index (κ3) is 5.39. The van der Waals surface area contributed by atoms with Crippen molar-refractivity contribution in [2.75, 3.05) is 54.1 Å². The molecule has 2 aliphatic rings. The van der Waals surface area contributed by atoms with Crippen LogP contribution in [0, 0.1) is 0 Å². The predicted octanol–water partition coefficient (Wildman–Crippen LogP) is 4.03. The number of hydrogen-bond donors (Lipinski definition) is 3. The molecule has 0 bridgehead atoms. The fourth-order valence-corrected chi connectivity index (χ4v) is 4.54. The molecule has 0 saturated carbocycles. The summed E-state index contributed by atoms with van der Waals surface area (Å²) in [6.45, 7) is 5.56. The van der Waals surface area contributed by atoms with Gasteiger partial charge in [-0.25, -0.2) is 0 Å². The molecule has 0 radical (unpaired) electrons. The summed E-state index contributed by atoms with van der Waals surface area (Å²) in [5.74, 6) is -0.558. The van der Waals surface area contributed by atoms with Gasteiger partial charge in [0.2, 0.25) is 5.91 Å². The average Bonchev–Trinajstić information content (AvgIpc) is 3.22. The molecule has 0 aliphatic carbocycles. The minimum atomic E-state index is -0.221. The van der Waals surface area contributed by atoms with Crippen LogP contribution in [0.25, 0.3) is 5.57 Å². The second kappa shape index (κ2) is 10.3. The Morgan fingerprint density at radius 2 is 1.51 bits per heavy atom. The van der Waals surface area contributed by atoms with Crippen molar-refractivity contribution in [3.05, 3.63) is 89.6 Å². The summed E-state index contributed by atoms with van der Waals surface area (Å²) >= 11 is 0. The number of rotatable bonds is 6. The Bertz CT molecular complexity index is 1370. The number of anilines is 4. The first-order chi connectivity index (χ1) is 17.9. The zero-order valence-corrected chi connectivity index (χ0v) is 20.9. The topological polar surface area (TPSA) is 93.8 Å². The number of piperazine rings is 1. The van der Waals surface area contributed by atoms with E-state index in [0.29, 0.717) is 28.1 Å².